The fourth-order valence-corrected chi connectivity index (χ4v) is 4.50. The minimum absolute atomic E-state index is 0.0172. The first-order valence-corrected chi connectivity index (χ1v) is 11.0. The van der Waals surface area contributed by atoms with Crippen molar-refractivity contribution in [3.63, 3.8) is 0 Å². The average molecular weight is 438 g/mol. The summed E-state index contributed by atoms with van der Waals surface area (Å²) >= 11 is 5.85. The lowest BCUT2D eigenvalue weighted by molar-refractivity contribution is -0.130. The standard InChI is InChI=1S/C18H20ClN5O4S/c19-14-2-1-3-15(8-14)29(26,27)21-10-17(25)24-11-13-9-20-18(22-16(13)12-24)23-4-6-28-7-5-23/h1-3,8-9,21H,4-7,10-12H2. The van der Waals surface area contributed by atoms with E-state index in [9.17, 15) is 13.2 Å². The summed E-state index contributed by atoms with van der Waals surface area (Å²) < 4.78 is 32.4. The topological polar surface area (TPSA) is 105 Å². The van der Waals surface area contributed by atoms with Crippen LogP contribution in [0.25, 0.3) is 0 Å². The molecule has 1 fully saturated rings. The minimum Gasteiger partial charge on any atom is -0.378 e. The first kappa shape index (κ1) is 20.0. The van der Waals surface area contributed by atoms with E-state index in [1.54, 1.807) is 23.2 Å². The molecular weight excluding hydrogens is 418 g/mol. The zero-order valence-electron chi connectivity index (χ0n) is 15.5. The van der Waals surface area contributed by atoms with Crippen LogP contribution in [0.4, 0.5) is 5.95 Å². The third kappa shape index (κ3) is 4.50. The number of benzene rings is 1. The van der Waals surface area contributed by atoms with Crippen LogP contribution in [0.2, 0.25) is 5.02 Å². The van der Waals surface area contributed by atoms with E-state index >= 15 is 0 Å². The van der Waals surface area contributed by atoms with Crippen molar-refractivity contribution in [1.82, 2.24) is 19.6 Å². The van der Waals surface area contributed by atoms with Gasteiger partial charge < -0.3 is 14.5 Å². The van der Waals surface area contributed by atoms with Gasteiger partial charge in [-0.1, -0.05) is 17.7 Å². The van der Waals surface area contributed by atoms with Crippen molar-refractivity contribution in [2.24, 2.45) is 0 Å². The van der Waals surface area contributed by atoms with Crippen molar-refractivity contribution in [1.29, 1.82) is 0 Å². The summed E-state index contributed by atoms with van der Waals surface area (Å²) in [5, 5.41) is 0.309. The molecule has 2 aliphatic rings. The number of aromatic nitrogens is 2. The summed E-state index contributed by atoms with van der Waals surface area (Å²) in [6.45, 7) is 3.07. The molecule has 0 saturated carbocycles. The van der Waals surface area contributed by atoms with E-state index in [2.05, 4.69) is 14.7 Å². The molecular formula is C18H20ClN5O4S. The third-order valence-electron chi connectivity index (χ3n) is 4.81. The summed E-state index contributed by atoms with van der Waals surface area (Å²) in [6.07, 6.45) is 1.73. The Kier molecular flexibility index (Phi) is 5.68. The van der Waals surface area contributed by atoms with Crippen LogP contribution in [0.3, 0.4) is 0 Å². The second kappa shape index (κ2) is 8.23. The SMILES string of the molecule is O=C(CNS(=O)(=O)c1cccc(Cl)c1)N1Cc2cnc(N3CCOCC3)nc2C1. The number of hydrogen-bond donors (Lipinski definition) is 1. The molecule has 154 valence electrons. The highest BCUT2D eigenvalue weighted by atomic mass is 35.5. The number of sulfonamides is 1. The van der Waals surface area contributed by atoms with Crippen LogP contribution in [0.1, 0.15) is 11.3 Å². The first-order valence-electron chi connectivity index (χ1n) is 9.13. The number of morpholine rings is 1. The molecule has 1 aromatic heterocycles. The van der Waals surface area contributed by atoms with Gasteiger partial charge in [0.15, 0.2) is 0 Å². The van der Waals surface area contributed by atoms with Gasteiger partial charge in [0.05, 0.1) is 36.9 Å². The Bertz CT molecular complexity index is 1030. The van der Waals surface area contributed by atoms with Gasteiger partial charge in [-0.25, -0.2) is 23.1 Å². The highest BCUT2D eigenvalue weighted by Gasteiger charge is 2.27. The maximum atomic E-state index is 12.5. The predicted octanol–water partition coefficient (Wildman–Crippen LogP) is 0.787. The zero-order valence-corrected chi connectivity index (χ0v) is 17.1. The number of nitrogens with one attached hydrogen (secondary N) is 1. The number of hydrogen-bond acceptors (Lipinski definition) is 7. The Morgan fingerprint density at radius 1 is 1.24 bits per heavy atom. The van der Waals surface area contributed by atoms with Crippen molar-refractivity contribution < 1.29 is 17.9 Å². The van der Waals surface area contributed by atoms with Gasteiger partial charge in [-0.05, 0) is 18.2 Å². The van der Waals surface area contributed by atoms with Crippen LogP contribution in [0.15, 0.2) is 35.4 Å². The van der Waals surface area contributed by atoms with E-state index in [-0.39, 0.29) is 17.3 Å². The summed E-state index contributed by atoms with van der Waals surface area (Å²) in [6, 6.07) is 5.88. The molecule has 1 amide bonds. The largest absolute Gasteiger partial charge is 0.378 e. The Balaban J connectivity index is 1.38. The van der Waals surface area contributed by atoms with Crippen molar-refractivity contribution in [2.45, 2.75) is 18.0 Å². The summed E-state index contributed by atoms with van der Waals surface area (Å²) in [5.74, 6) is 0.296. The van der Waals surface area contributed by atoms with Crippen LogP contribution in [0, 0.1) is 0 Å². The van der Waals surface area contributed by atoms with Crippen molar-refractivity contribution in [3.05, 3.63) is 46.7 Å². The average Bonchev–Trinajstić information content (AvgIpc) is 3.16. The van der Waals surface area contributed by atoms with Gasteiger partial charge >= 0.3 is 0 Å². The Labute approximate surface area is 173 Å². The Morgan fingerprint density at radius 2 is 2.03 bits per heavy atom. The van der Waals surface area contributed by atoms with E-state index in [1.807, 2.05) is 4.90 Å². The fraction of sp³-hybridized carbons (Fsp3) is 0.389. The molecule has 1 N–H and O–H groups in total. The van der Waals surface area contributed by atoms with Gasteiger partial charge in [-0.2, -0.15) is 0 Å². The number of amides is 1. The predicted molar refractivity (Wildman–Crippen MR) is 106 cm³/mol. The van der Waals surface area contributed by atoms with Crippen molar-refractivity contribution in [3.8, 4) is 0 Å². The fourth-order valence-electron chi connectivity index (χ4n) is 3.22. The molecule has 0 spiro atoms. The van der Waals surface area contributed by atoms with Crippen LogP contribution >= 0.6 is 11.6 Å². The van der Waals surface area contributed by atoms with Gasteiger partial charge in [0.2, 0.25) is 21.9 Å². The van der Waals surface area contributed by atoms with Gasteiger partial charge in [0, 0.05) is 36.4 Å². The third-order valence-corrected chi connectivity index (χ3v) is 6.44. The number of nitrogens with zero attached hydrogens (tertiary/aromatic N) is 4. The van der Waals surface area contributed by atoms with E-state index in [0.717, 1.165) is 24.3 Å². The van der Waals surface area contributed by atoms with Crippen LogP contribution in [-0.2, 0) is 32.6 Å². The normalized spacial score (nSPS) is 16.7. The molecule has 1 aromatic carbocycles. The number of halogens is 1. The van der Waals surface area contributed by atoms with Gasteiger partial charge in [0.25, 0.3) is 0 Å². The molecule has 0 unspecified atom stereocenters. The van der Waals surface area contributed by atoms with Crippen molar-refractivity contribution in [2.75, 3.05) is 37.7 Å². The Hall–Kier alpha value is -2.27. The summed E-state index contributed by atoms with van der Waals surface area (Å²) in [4.78, 5) is 25.2. The molecule has 2 aliphatic heterocycles. The highest BCUT2D eigenvalue weighted by molar-refractivity contribution is 7.89. The molecule has 1 saturated heterocycles. The maximum Gasteiger partial charge on any atom is 0.241 e. The molecule has 0 bridgehead atoms. The summed E-state index contributed by atoms with van der Waals surface area (Å²) in [5.41, 5.74) is 1.65. The van der Waals surface area contributed by atoms with E-state index in [0.29, 0.717) is 37.3 Å². The molecule has 29 heavy (non-hydrogen) atoms. The van der Waals surface area contributed by atoms with Crippen LogP contribution in [-0.4, -0.2) is 62.0 Å². The van der Waals surface area contributed by atoms with Gasteiger partial charge in [0.1, 0.15) is 0 Å². The summed E-state index contributed by atoms with van der Waals surface area (Å²) in [7, 11) is -3.82. The van der Waals surface area contributed by atoms with Crippen LogP contribution in [0.5, 0.6) is 0 Å². The molecule has 3 heterocycles. The lowest BCUT2D eigenvalue weighted by atomic mass is 10.3. The second-order valence-corrected chi connectivity index (χ2v) is 8.98. The van der Waals surface area contributed by atoms with Gasteiger partial charge in [-0.3, -0.25) is 4.79 Å². The zero-order chi connectivity index (χ0) is 20.4. The second-order valence-electron chi connectivity index (χ2n) is 6.77. The van der Waals surface area contributed by atoms with E-state index < -0.39 is 10.0 Å². The molecule has 0 aliphatic carbocycles. The molecule has 0 radical (unpaired) electrons. The molecule has 0 atom stereocenters. The minimum atomic E-state index is -3.82. The molecule has 4 rings (SSSR count). The first-order chi connectivity index (χ1) is 13.9. The van der Waals surface area contributed by atoms with Crippen molar-refractivity contribution >= 4 is 33.5 Å². The number of carbonyl (C=O) groups excluding carboxylic acids is 1. The Morgan fingerprint density at radius 3 is 2.79 bits per heavy atom. The van der Waals surface area contributed by atoms with E-state index in [4.69, 9.17) is 16.3 Å². The quantitative estimate of drug-likeness (QED) is 0.737. The number of carbonyl (C=O) groups is 1. The van der Waals surface area contributed by atoms with E-state index in [1.165, 1.54) is 12.1 Å². The number of fused-ring (bicyclic) bond motifs is 1. The number of rotatable bonds is 5. The van der Waals surface area contributed by atoms with Crippen LogP contribution < -0.4 is 9.62 Å². The molecule has 2 aromatic rings. The highest BCUT2D eigenvalue weighted by Crippen LogP contribution is 2.23. The number of ether oxygens (including phenoxy) is 1. The smallest absolute Gasteiger partial charge is 0.241 e. The van der Waals surface area contributed by atoms with Gasteiger partial charge in [-0.15, -0.1) is 0 Å². The lowest BCUT2D eigenvalue weighted by Crippen LogP contribution is -2.37. The molecule has 9 nitrogen and oxygen atoms in total. The maximum absolute atomic E-state index is 12.5. The molecule has 11 heteroatoms. The lowest BCUT2D eigenvalue weighted by Gasteiger charge is -2.26. The monoisotopic (exact) mass is 437 g/mol. The number of anilines is 1.